The van der Waals surface area contributed by atoms with E-state index in [0.717, 1.165) is 22.9 Å². The molecule has 2 unspecified atom stereocenters. The van der Waals surface area contributed by atoms with E-state index < -0.39 is 16.9 Å². The number of hydrogen-bond acceptors (Lipinski definition) is 9. The molecule has 4 rings (SSSR count). The number of aliphatic imine (C=N–C) groups is 1. The number of carbonyl (C=O) groups is 2. The van der Waals surface area contributed by atoms with Gasteiger partial charge in [0.15, 0.2) is 11.5 Å². The first-order valence-electron chi connectivity index (χ1n) is 13.9. The molecule has 2 aliphatic rings. The fourth-order valence-corrected chi connectivity index (χ4v) is 5.08. The van der Waals surface area contributed by atoms with Crippen molar-refractivity contribution >= 4 is 23.9 Å². The molecular formula is C31H40N6O5. The first-order chi connectivity index (χ1) is 19.9. The van der Waals surface area contributed by atoms with Crippen LogP contribution in [0.3, 0.4) is 0 Å². The third-order valence-corrected chi connectivity index (χ3v) is 7.11. The fourth-order valence-electron chi connectivity index (χ4n) is 5.08. The SMILES string of the molecule is CC(C)CC(N)=O.CN=C(O/C=C/C=N/O)c1nc2oc1C1(C#N)CCc3ccc(cc31)CCC(=O)NC2C(C)(C)C. The van der Waals surface area contributed by atoms with Crippen LogP contribution in [-0.2, 0) is 32.6 Å². The van der Waals surface area contributed by atoms with E-state index >= 15 is 0 Å². The lowest BCUT2D eigenvalue weighted by atomic mass is 9.79. The molecule has 224 valence electrons. The van der Waals surface area contributed by atoms with Gasteiger partial charge in [-0.2, -0.15) is 5.26 Å². The number of oxazole rings is 1. The van der Waals surface area contributed by atoms with Crippen LogP contribution in [0.1, 0.15) is 94.0 Å². The minimum absolute atomic E-state index is 0.106. The number of nitrogens with one attached hydrogen (secondary N) is 1. The molecule has 1 aliphatic heterocycles. The summed E-state index contributed by atoms with van der Waals surface area (Å²) in [5.74, 6) is 0.866. The summed E-state index contributed by atoms with van der Waals surface area (Å²) < 4.78 is 12.1. The lowest BCUT2D eigenvalue weighted by Gasteiger charge is -2.29. The molecule has 11 nitrogen and oxygen atoms in total. The van der Waals surface area contributed by atoms with Crippen molar-refractivity contribution in [2.75, 3.05) is 7.05 Å². The van der Waals surface area contributed by atoms with E-state index in [1.54, 1.807) is 7.05 Å². The van der Waals surface area contributed by atoms with Gasteiger partial charge in [-0.25, -0.2) is 4.98 Å². The van der Waals surface area contributed by atoms with Crippen molar-refractivity contribution in [3.63, 3.8) is 0 Å². The monoisotopic (exact) mass is 576 g/mol. The van der Waals surface area contributed by atoms with Crippen LogP contribution in [-0.4, -0.2) is 41.2 Å². The first kappa shape index (κ1) is 32.1. The van der Waals surface area contributed by atoms with E-state index in [2.05, 4.69) is 21.5 Å². The summed E-state index contributed by atoms with van der Waals surface area (Å²) in [7, 11) is 1.55. The molecule has 0 radical (unpaired) electrons. The molecule has 4 bridgehead atoms. The highest BCUT2D eigenvalue weighted by Gasteiger charge is 2.48. The Labute approximate surface area is 246 Å². The standard InChI is InChI=1S/C26H29N5O4.C5H11NO/c1-25(2,3)21-24-31-20(23(28-4)34-13-5-12-29-33)22(35-24)26(15-27)11-10-17-8-6-16(14-18(17)26)7-9-19(32)30-21;1-4(2)3-5(6)7/h5-6,8,12-14,21,33H,7,9-11H2,1-4H3,(H,30,32);4H,3H2,1-2H3,(H2,6,7)/b13-5+,28-23?,29-12+;. The number of amides is 2. The number of rotatable bonds is 5. The minimum atomic E-state index is -1.08. The number of primary amides is 1. The largest absolute Gasteiger partial charge is 0.445 e. The summed E-state index contributed by atoms with van der Waals surface area (Å²) in [6.45, 7) is 9.90. The Bertz CT molecular complexity index is 1430. The van der Waals surface area contributed by atoms with E-state index in [-0.39, 0.29) is 17.7 Å². The van der Waals surface area contributed by atoms with Crippen LogP contribution >= 0.6 is 0 Å². The van der Waals surface area contributed by atoms with Gasteiger partial charge in [0.25, 0.3) is 0 Å². The van der Waals surface area contributed by atoms with Crippen LogP contribution in [0.2, 0.25) is 0 Å². The second-order valence-electron chi connectivity index (χ2n) is 11.9. The fraction of sp³-hybridized carbons (Fsp3) is 0.484. The molecule has 4 N–H and O–H groups in total. The molecule has 11 heteroatoms. The molecule has 1 aromatic heterocycles. The smallest absolute Gasteiger partial charge is 0.243 e. The number of carbonyl (C=O) groups excluding carboxylic acids is 2. The minimum Gasteiger partial charge on any atom is -0.445 e. The van der Waals surface area contributed by atoms with Gasteiger partial charge in [0.05, 0.1) is 18.5 Å². The summed E-state index contributed by atoms with van der Waals surface area (Å²) in [6, 6.07) is 8.06. The molecule has 1 aliphatic carbocycles. The van der Waals surface area contributed by atoms with Crippen LogP contribution in [0.15, 0.2) is 45.1 Å². The van der Waals surface area contributed by atoms with Gasteiger partial charge in [-0.15, -0.1) is 0 Å². The normalized spacial score (nSPS) is 20.4. The maximum Gasteiger partial charge on any atom is 0.243 e. The van der Waals surface area contributed by atoms with Crippen LogP contribution < -0.4 is 11.1 Å². The molecule has 0 fully saturated rings. The molecule has 0 saturated carbocycles. The molecule has 2 aromatic rings. The van der Waals surface area contributed by atoms with Crippen molar-refractivity contribution in [3.05, 3.63) is 64.6 Å². The zero-order valence-electron chi connectivity index (χ0n) is 25.1. The van der Waals surface area contributed by atoms with Crippen molar-refractivity contribution in [1.82, 2.24) is 10.3 Å². The van der Waals surface area contributed by atoms with Gasteiger partial charge in [0.1, 0.15) is 11.5 Å². The topological polar surface area (TPSA) is 176 Å². The zero-order valence-corrected chi connectivity index (χ0v) is 25.1. The number of fused-ring (bicyclic) bond motifs is 4. The van der Waals surface area contributed by atoms with E-state index in [1.807, 2.05) is 52.8 Å². The van der Waals surface area contributed by atoms with E-state index in [9.17, 15) is 14.9 Å². The highest BCUT2D eigenvalue weighted by atomic mass is 16.5. The number of oxime groups is 1. The number of benzene rings is 1. The van der Waals surface area contributed by atoms with Gasteiger partial charge in [-0.05, 0) is 53.4 Å². The summed E-state index contributed by atoms with van der Waals surface area (Å²) in [6.07, 6.45) is 6.47. The summed E-state index contributed by atoms with van der Waals surface area (Å²) in [5, 5.41) is 25.2. The Balaban J connectivity index is 0.000000616. The van der Waals surface area contributed by atoms with Crippen molar-refractivity contribution in [1.29, 1.82) is 5.26 Å². The van der Waals surface area contributed by atoms with Crippen molar-refractivity contribution < 1.29 is 24.0 Å². The van der Waals surface area contributed by atoms with Crippen molar-refractivity contribution in [2.24, 2.45) is 27.2 Å². The average Bonchev–Trinajstić information content (AvgIpc) is 3.51. The molecule has 2 heterocycles. The summed E-state index contributed by atoms with van der Waals surface area (Å²) >= 11 is 0. The van der Waals surface area contributed by atoms with E-state index in [4.69, 9.17) is 25.1 Å². The van der Waals surface area contributed by atoms with Crippen LogP contribution in [0, 0.1) is 22.7 Å². The third-order valence-electron chi connectivity index (χ3n) is 7.11. The average molecular weight is 577 g/mol. The van der Waals surface area contributed by atoms with Gasteiger partial charge in [-0.1, -0.05) is 58.0 Å². The maximum absolute atomic E-state index is 12.9. The zero-order chi connectivity index (χ0) is 31.1. The summed E-state index contributed by atoms with van der Waals surface area (Å²) in [5.41, 5.74) is 6.59. The molecule has 1 aromatic carbocycles. The Morgan fingerprint density at radius 2 is 2.10 bits per heavy atom. The number of aryl methyl sites for hydroxylation is 2. The number of nitrogens with two attached hydrogens (primary N) is 1. The molecule has 0 spiro atoms. The Hall–Kier alpha value is -4.46. The van der Waals surface area contributed by atoms with Crippen molar-refractivity contribution in [2.45, 2.75) is 78.2 Å². The van der Waals surface area contributed by atoms with Crippen molar-refractivity contribution in [3.8, 4) is 6.07 Å². The summed E-state index contributed by atoms with van der Waals surface area (Å²) in [4.78, 5) is 31.9. The molecule has 2 atom stereocenters. The number of nitriles is 1. The predicted octanol–water partition coefficient (Wildman–Crippen LogP) is 4.46. The van der Waals surface area contributed by atoms with Gasteiger partial charge in [0, 0.05) is 19.9 Å². The number of allylic oxidation sites excluding steroid dienone is 1. The molecule has 2 amide bonds. The quantitative estimate of drug-likeness (QED) is 0.155. The van der Waals surface area contributed by atoms with Crippen LogP contribution in [0.5, 0.6) is 0 Å². The van der Waals surface area contributed by atoms with Crippen LogP contribution in [0.25, 0.3) is 0 Å². The van der Waals surface area contributed by atoms with Gasteiger partial charge in [-0.3, -0.25) is 14.6 Å². The Morgan fingerprint density at radius 3 is 2.67 bits per heavy atom. The van der Waals surface area contributed by atoms with Gasteiger partial charge < -0.3 is 25.4 Å². The molecular weight excluding hydrogens is 536 g/mol. The lowest BCUT2D eigenvalue weighted by molar-refractivity contribution is -0.123. The predicted molar refractivity (Wildman–Crippen MR) is 158 cm³/mol. The molecule has 0 saturated heterocycles. The second kappa shape index (κ2) is 13.5. The van der Waals surface area contributed by atoms with E-state index in [0.29, 0.717) is 55.4 Å². The number of aromatic nitrogens is 1. The first-order valence-corrected chi connectivity index (χ1v) is 13.9. The van der Waals surface area contributed by atoms with Gasteiger partial charge >= 0.3 is 0 Å². The van der Waals surface area contributed by atoms with E-state index in [1.165, 1.54) is 12.3 Å². The number of nitrogens with zero attached hydrogens (tertiary/aromatic N) is 4. The van der Waals surface area contributed by atoms with Gasteiger partial charge in [0.2, 0.25) is 23.6 Å². The third kappa shape index (κ3) is 7.24. The maximum atomic E-state index is 12.9. The highest BCUT2D eigenvalue weighted by molar-refractivity contribution is 5.94. The van der Waals surface area contributed by atoms with Crippen LogP contribution in [0.4, 0.5) is 0 Å². The highest BCUT2D eigenvalue weighted by Crippen LogP contribution is 2.47. The molecule has 42 heavy (non-hydrogen) atoms. The Kier molecular flexibility index (Phi) is 10.3. The number of ether oxygens (including phenoxy) is 1. The Morgan fingerprint density at radius 1 is 1.36 bits per heavy atom. The second-order valence-corrected chi connectivity index (χ2v) is 11.9. The number of hydrogen-bond donors (Lipinski definition) is 3. The lowest BCUT2D eigenvalue weighted by Crippen LogP contribution is -2.37.